The van der Waals surface area contributed by atoms with Gasteiger partial charge >= 0.3 is 6.09 Å². The van der Waals surface area contributed by atoms with E-state index in [1.807, 2.05) is 6.92 Å². The minimum atomic E-state index is -1.60. The summed E-state index contributed by atoms with van der Waals surface area (Å²) >= 11 is 0. The molecule has 3 atom stereocenters. The van der Waals surface area contributed by atoms with Crippen LogP contribution in [0.2, 0.25) is 0 Å². The normalized spacial score (nSPS) is 22.0. The molecule has 0 aromatic carbocycles. The summed E-state index contributed by atoms with van der Waals surface area (Å²) in [7, 11) is 0. The molecule has 1 aliphatic rings. The standard InChI is InChI=1S/C20H26FN5O4/c1-11-9-25(10-24-11)12-7-13(17(22)27)18(23-8-12)30-14-5-6-26(19(28)29)16(15(14)21)20(2,3)4/h7-10,14-16H,5-6H2,1-4H3,(H2,22,27)(H,28,29)/t14-,15-,16?/m1/s1. The Morgan fingerprint density at radius 1 is 1.33 bits per heavy atom. The van der Waals surface area contributed by atoms with E-state index < -0.39 is 35.7 Å². The first-order chi connectivity index (χ1) is 14.0. The first-order valence-corrected chi connectivity index (χ1v) is 9.60. The van der Waals surface area contributed by atoms with Gasteiger partial charge in [-0.3, -0.25) is 4.79 Å². The minimum absolute atomic E-state index is 0.0130. The molecule has 10 heteroatoms. The van der Waals surface area contributed by atoms with E-state index in [1.165, 1.54) is 12.3 Å². The molecule has 1 fully saturated rings. The van der Waals surface area contributed by atoms with Crippen molar-refractivity contribution >= 4 is 12.0 Å². The molecule has 0 saturated carbocycles. The number of amides is 2. The molecule has 162 valence electrons. The number of piperidine rings is 1. The second kappa shape index (κ2) is 7.92. The van der Waals surface area contributed by atoms with Crippen LogP contribution in [0.25, 0.3) is 5.69 Å². The van der Waals surface area contributed by atoms with Gasteiger partial charge in [-0.15, -0.1) is 0 Å². The number of aromatic nitrogens is 3. The van der Waals surface area contributed by atoms with Crippen molar-refractivity contribution in [1.82, 2.24) is 19.4 Å². The SMILES string of the molecule is Cc1cn(-c2cnc(O[C@@H]3CCN(C(=O)O)C(C(C)(C)C)[C@@H]3F)c(C(N)=O)c2)cn1. The number of halogens is 1. The van der Waals surface area contributed by atoms with E-state index in [0.717, 1.165) is 10.6 Å². The molecular weight excluding hydrogens is 393 g/mol. The van der Waals surface area contributed by atoms with Gasteiger partial charge in [0.2, 0.25) is 5.88 Å². The van der Waals surface area contributed by atoms with Crippen LogP contribution in [-0.4, -0.2) is 61.4 Å². The zero-order valence-electron chi connectivity index (χ0n) is 17.4. The van der Waals surface area contributed by atoms with Crippen molar-refractivity contribution in [2.24, 2.45) is 11.1 Å². The summed E-state index contributed by atoms with van der Waals surface area (Å²) in [6, 6.07) is 0.603. The quantitative estimate of drug-likeness (QED) is 0.785. The van der Waals surface area contributed by atoms with Gasteiger partial charge in [-0.05, 0) is 18.4 Å². The van der Waals surface area contributed by atoms with Crippen LogP contribution in [0.15, 0.2) is 24.8 Å². The lowest BCUT2D eigenvalue weighted by atomic mass is 9.78. The smallest absolute Gasteiger partial charge is 0.407 e. The highest BCUT2D eigenvalue weighted by Crippen LogP contribution is 2.36. The van der Waals surface area contributed by atoms with Crippen LogP contribution in [0, 0.1) is 12.3 Å². The van der Waals surface area contributed by atoms with Crippen molar-refractivity contribution in [3.8, 4) is 11.6 Å². The molecule has 0 aliphatic carbocycles. The van der Waals surface area contributed by atoms with Gasteiger partial charge in [-0.25, -0.2) is 19.2 Å². The number of aryl methyl sites for hydroxylation is 1. The first kappa shape index (κ1) is 21.5. The fraction of sp³-hybridized carbons (Fsp3) is 0.500. The Morgan fingerprint density at radius 2 is 2.03 bits per heavy atom. The van der Waals surface area contributed by atoms with Crippen LogP contribution in [-0.2, 0) is 0 Å². The number of primary amides is 1. The van der Waals surface area contributed by atoms with Gasteiger partial charge < -0.3 is 25.0 Å². The fourth-order valence-corrected chi connectivity index (χ4v) is 3.78. The van der Waals surface area contributed by atoms with Gasteiger partial charge in [0.15, 0.2) is 6.17 Å². The highest BCUT2D eigenvalue weighted by atomic mass is 19.1. The van der Waals surface area contributed by atoms with Gasteiger partial charge in [-0.1, -0.05) is 20.8 Å². The van der Waals surface area contributed by atoms with Gasteiger partial charge in [0.25, 0.3) is 5.91 Å². The number of alkyl halides is 1. The van der Waals surface area contributed by atoms with Crippen LogP contribution in [0.4, 0.5) is 9.18 Å². The third-order valence-corrected chi connectivity index (χ3v) is 5.16. The Hall–Kier alpha value is -3.17. The maximum absolute atomic E-state index is 15.4. The Morgan fingerprint density at radius 3 is 2.57 bits per heavy atom. The zero-order chi connectivity index (χ0) is 22.2. The second-order valence-corrected chi connectivity index (χ2v) is 8.51. The lowest BCUT2D eigenvalue weighted by molar-refractivity contribution is -0.0526. The van der Waals surface area contributed by atoms with Crippen molar-refractivity contribution in [1.29, 1.82) is 0 Å². The number of hydrogen-bond donors (Lipinski definition) is 2. The molecule has 3 rings (SSSR count). The topological polar surface area (TPSA) is 124 Å². The molecule has 30 heavy (non-hydrogen) atoms. The van der Waals surface area contributed by atoms with Crippen molar-refractivity contribution < 1.29 is 23.8 Å². The third kappa shape index (κ3) is 4.22. The average Bonchev–Trinajstić information content (AvgIpc) is 3.08. The molecule has 3 heterocycles. The Bertz CT molecular complexity index is 955. The lowest BCUT2D eigenvalue weighted by Gasteiger charge is -2.46. The summed E-state index contributed by atoms with van der Waals surface area (Å²) in [5.74, 6) is -0.839. The molecule has 0 radical (unpaired) electrons. The van der Waals surface area contributed by atoms with Gasteiger partial charge in [0.05, 0.1) is 29.9 Å². The first-order valence-electron chi connectivity index (χ1n) is 9.60. The predicted molar refractivity (Wildman–Crippen MR) is 107 cm³/mol. The van der Waals surface area contributed by atoms with Crippen molar-refractivity contribution in [3.05, 3.63) is 36.0 Å². The van der Waals surface area contributed by atoms with Gasteiger partial charge in [0, 0.05) is 19.2 Å². The van der Waals surface area contributed by atoms with E-state index in [2.05, 4.69) is 9.97 Å². The van der Waals surface area contributed by atoms with Crippen molar-refractivity contribution in [2.45, 2.75) is 52.4 Å². The zero-order valence-corrected chi connectivity index (χ0v) is 17.4. The summed E-state index contributed by atoms with van der Waals surface area (Å²) in [4.78, 5) is 33.0. The highest BCUT2D eigenvalue weighted by Gasteiger charge is 2.47. The number of carbonyl (C=O) groups is 2. The lowest BCUT2D eigenvalue weighted by Crippen LogP contribution is -2.60. The Kier molecular flexibility index (Phi) is 5.69. The van der Waals surface area contributed by atoms with Crippen molar-refractivity contribution in [3.63, 3.8) is 0 Å². The van der Waals surface area contributed by atoms with E-state index in [-0.39, 0.29) is 24.4 Å². The average molecular weight is 419 g/mol. The number of nitrogens with zero attached hydrogens (tertiary/aromatic N) is 4. The number of nitrogens with two attached hydrogens (primary N) is 1. The maximum atomic E-state index is 15.4. The molecule has 2 aromatic heterocycles. The molecule has 1 saturated heterocycles. The highest BCUT2D eigenvalue weighted by molar-refractivity contribution is 5.95. The molecule has 9 nitrogen and oxygen atoms in total. The van der Waals surface area contributed by atoms with E-state index in [4.69, 9.17) is 10.5 Å². The van der Waals surface area contributed by atoms with E-state index in [9.17, 15) is 14.7 Å². The number of hydrogen-bond acceptors (Lipinski definition) is 5. The van der Waals surface area contributed by atoms with E-state index in [0.29, 0.717) is 5.69 Å². The summed E-state index contributed by atoms with van der Waals surface area (Å²) in [6.45, 7) is 7.26. The van der Waals surface area contributed by atoms with Crippen LogP contribution in [0.1, 0.15) is 43.2 Å². The third-order valence-electron chi connectivity index (χ3n) is 5.16. The number of imidazole rings is 1. The molecule has 2 amide bonds. The molecule has 0 spiro atoms. The van der Waals surface area contributed by atoms with Gasteiger partial charge in [0.1, 0.15) is 11.7 Å². The molecular formula is C20H26FN5O4. The van der Waals surface area contributed by atoms with Gasteiger partial charge in [-0.2, -0.15) is 0 Å². The number of likely N-dealkylation sites (tertiary alicyclic amines) is 1. The largest absolute Gasteiger partial charge is 0.471 e. The van der Waals surface area contributed by atoms with Crippen LogP contribution < -0.4 is 10.5 Å². The Balaban J connectivity index is 1.90. The predicted octanol–water partition coefficient (Wildman–Crippen LogP) is 2.56. The molecule has 1 aliphatic heterocycles. The maximum Gasteiger partial charge on any atom is 0.407 e. The minimum Gasteiger partial charge on any atom is -0.471 e. The number of carbonyl (C=O) groups excluding carboxylic acids is 1. The molecule has 3 N–H and O–H groups in total. The fourth-order valence-electron chi connectivity index (χ4n) is 3.78. The van der Waals surface area contributed by atoms with E-state index in [1.54, 1.807) is 37.9 Å². The van der Waals surface area contributed by atoms with E-state index >= 15 is 4.39 Å². The summed E-state index contributed by atoms with van der Waals surface area (Å²) < 4.78 is 22.9. The summed E-state index contributed by atoms with van der Waals surface area (Å²) in [6.07, 6.45) is 1.20. The molecule has 1 unspecified atom stereocenters. The van der Waals surface area contributed by atoms with Crippen LogP contribution >= 0.6 is 0 Å². The summed E-state index contributed by atoms with van der Waals surface area (Å²) in [5, 5.41) is 9.46. The number of rotatable bonds is 4. The second-order valence-electron chi connectivity index (χ2n) is 8.51. The monoisotopic (exact) mass is 419 g/mol. The van der Waals surface area contributed by atoms with Crippen molar-refractivity contribution in [2.75, 3.05) is 6.54 Å². The van der Waals surface area contributed by atoms with Crippen LogP contribution in [0.5, 0.6) is 5.88 Å². The Labute approximate surface area is 173 Å². The van der Waals surface area contributed by atoms with Crippen LogP contribution in [0.3, 0.4) is 0 Å². The number of ether oxygens (including phenoxy) is 1. The molecule has 2 aromatic rings. The number of pyridine rings is 1. The number of carboxylic acid groups (broad SMARTS) is 1. The molecule has 0 bridgehead atoms. The summed E-state index contributed by atoms with van der Waals surface area (Å²) in [5.41, 5.74) is 6.21.